The van der Waals surface area contributed by atoms with Crippen LogP contribution < -0.4 is 11.5 Å². The molecule has 4 rings (SSSR count). The van der Waals surface area contributed by atoms with Crippen molar-refractivity contribution in [1.82, 2.24) is 19.5 Å². The first-order valence-electron chi connectivity index (χ1n) is 9.18. The summed E-state index contributed by atoms with van der Waals surface area (Å²) in [5.74, 6) is -0.741. The van der Waals surface area contributed by atoms with E-state index in [4.69, 9.17) is 30.7 Å². The largest absolute Gasteiger partial charge is 0.469 e. The first kappa shape index (κ1) is 22.1. The number of nitrogens with zero attached hydrogens (tertiary/aromatic N) is 4. The number of aliphatic hydroxyl groups is 1. The Labute approximate surface area is 180 Å². The van der Waals surface area contributed by atoms with Gasteiger partial charge in [-0.1, -0.05) is 12.1 Å². The van der Waals surface area contributed by atoms with Crippen molar-refractivity contribution in [3.8, 4) is 0 Å². The molecule has 0 bridgehead atoms. The molecule has 0 spiro atoms. The van der Waals surface area contributed by atoms with Crippen LogP contribution in [0.2, 0.25) is 0 Å². The Morgan fingerprint density at radius 1 is 1.22 bits per heavy atom. The summed E-state index contributed by atoms with van der Waals surface area (Å²) in [5, 5.41) is 10.7. The molecule has 1 aliphatic rings. The summed E-state index contributed by atoms with van der Waals surface area (Å²) in [6.45, 7) is -0.673. The highest BCUT2D eigenvalue weighted by molar-refractivity contribution is 7.46. The fourth-order valence-corrected chi connectivity index (χ4v) is 3.64. The number of carbonyl (C=O) groups excluding carboxylic acids is 1. The van der Waals surface area contributed by atoms with E-state index in [-0.39, 0.29) is 28.2 Å². The predicted molar refractivity (Wildman–Crippen MR) is 108 cm³/mol. The lowest BCUT2D eigenvalue weighted by atomic mass is 10.1. The summed E-state index contributed by atoms with van der Waals surface area (Å²) in [6.07, 6.45) is -2.78. The van der Waals surface area contributed by atoms with Gasteiger partial charge < -0.3 is 35.8 Å². The lowest BCUT2D eigenvalue weighted by Crippen LogP contribution is -2.37. The number of carbonyl (C=O) groups is 1. The van der Waals surface area contributed by atoms with Gasteiger partial charge in [0.2, 0.25) is 0 Å². The fourth-order valence-electron chi connectivity index (χ4n) is 3.30. The SMILES string of the molecule is Nc1ccccc1C(=O)O[C@@H]1[C@H](O)[C@@H](COP(=O)(O)O)O[C@H]1n1cnc2c(N)ncnc21. The third-order valence-electron chi connectivity index (χ3n) is 4.80. The van der Waals surface area contributed by atoms with E-state index in [9.17, 15) is 14.5 Å². The van der Waals surface area contributed by atoms with E-state index in [1.54, 1.807) is 12.1 Å². The molecular weight excluding hydrogens is 447 g/mol. The van der Waals surface area contributed by atoms with Crippen LogP contribution in [0.4, 0.5) is 11.5 Å². The molecule has 3 heterocycles. The van der Waals surface area contributed by atoms with Gasteiger partial charge in [0, 0.05) is 5.69 Å². The molecule has 1 aliphatic heterocycles. The van der Waals surface area contributed by atoms with Crippen molar-refractivity contribution in [2.24, 2.45) is 0 Å². The van der Waals surface area contributed by atoms with E-state index in [1.807, 2.05) is 0 Å². The molecule has 1 fully saturated rings. The Balaban J connectivity index is 1.67. The number of rotatable bonds is 6. The number of benzene rings is 1. The third-order valence-corrected chi connectivity index (χ3v) is 5.29. The molecule has 0 radical (unpaired) electrons. The van der Waals surface area contributed by atoms with Crippen LogP contribution in [0.5, 0.6) is 0 Å². The molecule has 14 nitrogen and oxygen atoms in total. The zero-order chi connectivity index (χ0) is 23.0. The number of nitrogen functional groups attached to an aromatic ring is 2. The van der Waals surface area contributed by atoms with Gasteiger partial charge in [-0.05, 0) is 12.1 Å². The molecule has 2 aromatic heterocycles. The summed E-state index contributed by atoms with van der Waals surface area (Å²) in [6, 6.07) is 6.19. The number of ether oxygens (including phenoxy) is 2. The fraction of sp³-hybridized carbons (Fsp3) is 0.294. The number of fused-ring (bicyclic) bond motifs is 1. The molecule has 3 aromatic rings. The molecule has 0 saturated carbocycles. The molecule has 4 atom stereocenters. The Bertz CT molecular complexity index is 1200. The first-order valence-corrected chi connectivity index (χ1v) is 10.7. The Morgan fingerprint density at radius 3 is 2.69 bits per heavy atom. The van der Waals surface area contributed by atoms with E-state index in [2.05, 4.69) is 19.5 Å². The van der Waals surface area contributed by atoms with Gasteiger partial charge in [-0.15, -0.1) is 0 Å². The molecule has 7 N–H and O–H groups in total. The van der Waals surface area contributed by atoms with Crippen molar-refractivity contribution in [1.29, 1.82) is 0 Å². The van der Waals surface area contributed by atoms with Gasteiger partial charge in [0.05, 0.1) is 18.5 Å². The van der Waals surface area contributed by atoms with E-state index < -0.39 is 44.9 Å². The minimum Gasteiger partial charge on any atom is -0.451 e. The average molecular weight is 466 g/mol. The lowest BCUT2D eigenvalue weighted by Gasteiger charge is -2.22. The van der Waals surface area contributed by atoms with Crippen LogP contribution in [-0.2, 0) is 18.6 Å². The minimum atomic E-state index is -4.84. The van der Waals surface area contributed by atoms with Crippen LogP contribution in [0.3, 0.4) is 0 Å². The number of phosphoric ester groups is 1. The van der Waals surface area contributed by atoms with Crippen LogP contribution in [0.15, 0.2) is 36.9 Å². The maximum Gasteiger partial charge on any atom is 0.469 e. The molecule has 0 aliphatic carbocycles. The van der Waals surface area contributed by atoms with Crippen LogP contribution in [0.1, 0.15) is 16.6 Å². The molecule has 170 valence electrons. The van der Waals surface area contributed by atoms with Crippen molar-refractivity contribution in [3.63, 3.8) is 0 Å². The first-order chi connectivity index (χ1) is 15.2. The molecule has 1 saturated heterocycles. The standard InChI is InChI=1S/C17H19N6O8P/c18-9-4-2-1-3-8(9)17(25)31-13-12(24)10(5-29-32(26,27)28)30-16(13)23-7-22-11-14(19)20-6-21-15(11)23/h1-4,6-7,10,12-13,16,24H,5,18H2,(H2,19,20,21)(H2,26,27,28)/t10-,12-,13-,16-/m1/s1. The van der Waals surface area contributed by atoms with E-state index in [0.717, 1.165) is 0 Å². The van der Waals surface area contributed by atoms with Crippen molar-refractivity contribution in [2.45, 2.75) is 24.5 Å². The highest BCUT2D eigenvalue weighted by atomic mass is 31.2. The highest BCUT2D eigenvalue weighted by Crippen LogP contribution is 2.40. The molecule has 32 heavy (non-hydrogen) atoms. The smallest absolute Gasteiger partial charge is 0.451 e. The summed E-state index contributed by atoms with van der Waals surface area (Å²) in [7, 11) is -4.84. The van der Waals surface area contributed by atoms with E-state index >= 15 is 0 Å². The molecule has 0 amide bonds. The van der Waals surface area contributed by atoms with Crippen LogP contribution in [0.25, 0.3) is 11.2 Å². The van der Waals surface area contributed by atoms with Crippen molar-refractivity contribution in [3.05, 3.63) is 42.5 Å². The topological polar surface area (TPSA) is 218 Å². The van der Waals surface area contributed by atoms with Gasteiger partial charge in [0.25, 0.3) is 0 Å². The number of anilines is 2. The normalized spacial score (nSPS) is 23.5. The number of esters is 1. The molecule has 15 heteroatoms. The zero-order valence-corrected chi connectivity index (χ0v) is 17.1. The maximum absolute atomic E-state index is 12.7. The Kier molecular flexibility index (Phi) is 5.81. The van der Waals surface area contributed by atoms with Gasteiger partial charge in [0.1, 0.15) is 24.1 Å². The summed E-state index contributed by atoms with van der Waals surface area (Å²) in [4.78, 5) is 42.8. The number of imidazole rings is 1. The van der Waals surface area contributed by atoms with Crippen molar-refractivity contribution < 1.29 is 38.3 Å². The van der Waals surface area contributed by atoms with E-state index in [0.29, 0.717) is 0 Å². The van der Waals surface area contributed by atoms with Gasteiger partial charge in [-0.25, -0.2) is 24.3 Å². The number of aromatic nitrogens is 4. The zero-order valence-electron chi connectivity index (χ0n) is 16.3. The predicted octanol–water partition coefficient (Wildman–Crippen LogP) is -0.416. The number of hydrogen-bond acceptors (Lipinski definition) is 11. The van der Waals surface area contributed by atoms with Crippen LogP contribution in [-0.4, -0.2) is 65.3 Å². The lowest BCUT2D eigenvalue weighted by molar-refractivity contribution is -0.0558. The van der Waals surface area contributed by atoms with Crippen molar-refractivity contribution in [2.75, 3.05) is 18.1 Å². The van der Waals surface area contributed by atoms with Gasteiger partial charge in [-0.2, -0.15) is 0 Å². The third kappa shape index (κ3) is 4.27. The summed E-state index contributed by atoms with van der Waals surface area (Å²) < 4.78 is 28.2. The molecular formula is C17H19N6O8P. The number of aliphatic hydroxyl groups excluding tert-OH is 1. The Hall–Kier alpha value is -3.13. The number of para-hydroxylation sites is 1. The average Bonchev–Trinajstić information content (AvgIpc) is 3.29. The van der Waals surface area contributed by atoms with Gasteiger partial charge in [-0.3, -0.25) is 9.09 Å². The second kappa shape index (κ2) is 8.43. The highest BCUT2D eigenvalue weighted by Gasteiger charge is 2.48. The van der Waals surface area contributed by atoms with Crippen LogP contribution >= 0.6 is 7.82 Å². The number of nitrogens with two attached hydrogens (primary N) is 2. The summed E-state index contributed by atoms with van der Waals surface area (Å²) >= 11 is 0. The van der Waals surface area contributed by atoms with Gasteiger partial charge >= 0.3 is 13.8 Å². The quantitative estimate of drug-likeness (QED) is 0.177. The van der Waals surface area contributed by atoms with Gasteiger partial charge in [0.15, 0.2) is 23.8 Å². The minimum absolute atomic E-state index is 0.0652. The number of phosphoric acid groups is 1. The Morgan fingerprint density at radius 2 is 1.97 bits per heavy atom. The van der Waals surface area contributed by atoms with E-state index in [1.165, 1.54) is 29.4 Å². The second-order valence-corrected chi connectivity index (χ2v) is 8.12. The molecule has 0 unspecified atom stereocenters. The van der Waals surface area contributed by atoms with Crippen molar-refractivity contribution >= 4 is 36.5 Å². The maximum atomic E-state index is 12.7. The molecule has 1 aromatic carbocycles. The summed E-state index contributed by atoms with van der Waals surface area (Å²) in [5.41, 5.74) is 12.3. The monoisotopic (exact) mass is 466 g/mol. The second-order valence-electron chi connectivity index (χ2n) is 6.88. The number of hydrogen-bond donors (Lipinski definition) is 5. The van der Waals surface area contributed by atoms with Crippen LogP contribution in [0, 0.1) is 0 Å².